The van der Waals surface area contributed by atoms with Gasteiger partial charge in [0.1, 0.15) is 0 Å². The molecule has 2 aromatic rings. The highest BCUT2D eigenvalue weighted by Gasteiger charge is 2.22. The lowest BCUT2D eigenvalue weighted by molar-refractivity contribution is 0.0818. The molecule has 0 spiro atoms. The minimum Gasteiger partial charge on any atom is -0.381 e. The third-order valence-corrected chi connectivity index (χ3v) is 3.58. The molecule has 0 saturated carbocycles. The summed E-state index contributed by atoms with van der Waals surface area (Å²) in [4.78, 5) is 11.1. The van der Waals surface area contributed by atoms with Crippen LogP contribution in [0.3, 0.4) is 0 Å². The topological polar surface area (TPSA) is 80.7 Å². The van der Waals surface area contributed by atoms with Crippen LogP contribution < -0.4 is 16.2 Å². The van der Waals surface area contributed by atoms with Crippen LogP contribution in [0.4, 0.5) is 11.6 Å². The number of nitrogens with zero attached hydrogens (tertiary/aromatic N) is 4. The van der Waals surface area contributed by atoms with Crippen LogP contribution >= 0.6 is 0 Å². The van der Waals surface area contributed by atoms with Gasteiger partial charge in [-0.2, -0.15) is 0 Å². The number of piperidine rings is 1. The molecule has 7 heteroatoms. The Labute approximate surface area is 111 Å². The van der Waals surface area contributed by atoms with Gasteiger partial charge in [0.2, 0.25) is 0 Å². The predicted octanol–water partition coefficient (Wildman–Crippen LogP) is 0.630. The maximum Gasteiger partial charge on any atom is 0.180 e. The van der Waals surface area contributed by atoms with Gasteiger partial charge in [-0.15, -0.1) is 0 Å². The fourth-order valence-electron chi connectivity index (χ4n) is 2.50. The highest BCUT2D eigenvalue weighted by molar-refractivity contribution is 5.66. The zero-order valence-electron chi connectivity index (χ0n) is 10.9. The average Bonchev–Trinajstić information content (AvgIpc) is 2.94. The molecule has 102 valence electrons. The highest BCUT2D eigenvalue weighted by Crippen LogP contribution is 2.24. The molecule has 3 N–H and O–H groups in total. The SMILES string of the molecule is COC1CCN(c2nc(NN)cn3ccnc23)CC1. The number of nitrogens with one attached hydrogen (secondary N) is 1. The van der Waals surface area contributed by atoms with Crippen molar-refractivity contribution in [3.05, 3.63) is 18.6 Å². The fourth-order valence-corrected chi connectivity index (χ4v) is 2.50. The van der Waals surface area contributed by atoms with E-state index in [1.807, 2.05) is 16.8 Å². The second kappa shape index (κ2) is 5.02. The molecule has 0 aromatic carbocycles. The molecule has 7 nitrogen and oxygen atoms in total. The van der Waals surface area contributed by atoms with Crippen LogP contribution in [-0.4, -0.2) is 40.7 Å². The van der Waals surface area contributed by atoms with Crippen molar-refractivity contribution < 1.29 is 4.74 Å². The lowest BCUT2D eigenvalue weighted by Crippen LogP contribution is -2.37. The van der Waals surface area contributed by atoms with Crippen molar-refractivity contribution in [3.63, 3.8) is 0 Å². The Morgan fingerprint density at radius 1 is 1.42 bits per heavy atom. The first-order valence-corrected chi connectivity index (χ1v) is 6.40. The Kier molecular flexibility index (Phi) is 3.22. The lowest BCUT2D eigenvalue weighted by atomic mass is 10.1. The van der Waals surface area contributed by atoms with Crippen molar-refractivity contribution in [2.45, 2.75) is 18.9 Å². The molecule has 1 aliphatic rings. The largest absolute Gasteiger partial charge is 0.381 e. The van der Waals surface area contributed by atoms with Gasteiger partial charge in [-0.25, -0.2) is 15.8 Å². The van der Waals surface area contributed by atoms with Gasteiger partial charge in [-0.3, -0.25) is 0 Å². The van der Waals surface area contributed by atoms with Crippen molar-refractivity contribution in [2.24, 2.45) is 5.84 Å². The number of hydrogen-bond donors (Lipinski definition) is 2. The van der Waals surface area contributed by atoms with Gasteiger partial charge in [0.25, 0.3) is 0 Å². The number of nitrogens with two attached hydrogens (primary N) is 1. The Balaban J connectivity index is 1.93. The standard InChI is InChI=1S/C12H18N6O/c1-19-9-2-5-17(6-3-9)12-11-14-4-7-18(11)8-10(15-12)16-13/h4,7-9,16H,2-3,5-6,13H2,1H3. The number of anilines is 2. The van der Waals surface area contributed by atoms with E-state index in [1.54, 1.807) is 13.3 Å². The maximum absolute atomic E-state index is 5.47. The summed E-state index contributed by atoms with van der Waals surface area (Å²) < 4.78 is 7.32. The Morgan fingerprint density at radius 3 is 2.89 bits per heavy atom. The summed E-state index contributed by atoms with van der Waals surface area (Å²) in [5.41, 5.74) is 3.45. The summed E-state index contributed by atoms with van der Waals surface area (Å²) >= 11 is 0. The summed E-state index contributed by atoms with van der Waals surface area (Å²) in [7, 11) is 1.77. The molecule has 1 aliphatic heterocycles. The normalized spacial score (nSPS) is 17.1. The number of ether oxygens (including phenoxy) is 1. The Hall–Kier alpha value is -1.86. The van der Waals surface area contributed by atoms with Crippen LogP contribution in [0, 0.1) is 0 Å². The molecular formula is C12H18N6O. The van der Waals surface area contributed by atoms with E-state index >= 15 is 0 Å². The highest BCUT2D eigenvalue weighted by atomic mass is 16.5. The number of nitrogen functional groups attached to an aromatic ring is 1. The molecule has 1 fully saturated rings. The summed E-state index contributed by atoms with van der Waals surface area (Å²) in [6, 6.07) is 0. The summed E-state index contributed by atoms with van der Waals surface area (Å²) in [6.07, 6.45) is 7.85. The zero-order valence-corrected chi connectivity index (χ0v) is 10.9. The number of hydrazine groups is 1. The van der Waals surface area contributed by atoms with Gasteiger partial charge in [0.05, 0.1) is 12.3 Å². The minimum atomic E-state index is 0.350. The number of methoxy groups -OCH3 is 1. The van der Waals surface area contributed by atoms with Crippen LogP contribution in [0.5, 0.6) is 0 Å². The van der Waals surface area contributed by atoms with Crippen molar-refractivity contribution in [1.29, 1.82) is 0 Å². The molecule has 2 aromatic heterocycles. The lowest BCUT2D eigenvalue weighted by Gasteiger charge is -2.32. The van der Waals surface area contributed by atoms with Crippen LogP contribution in [0.25, 0.3) is 5.65 Å². The molecule has 0 bridgehead atoms. The average molecular weight is 262 g/mol. The van der Waals surface area contributed by atoms with Gasteiger partial charge in [0, 0.05) is 32.6 Å². The second-order valence-electron chi connectivity index (χ2n) is 4.67. The predicted molar refractivity (Wildman–Crippen MR) is 73.0 cm³/mol. The van der Waals surface area contributed by atoms with E-state index < -0.39 is 0 Å². The molecule has 0 amide bonds. The first kappa shape index (κ1) is 12.2. The summed E-state index contributed by atoms with van der Waals surface area (Å²) in [6.45, 7) is 1.84. The van der Waals surface area contributed by atoms with Crippen molar-refractivity contribution in [1.82, 2.24) is 14.4 Å². The molecule has 0 aliphatic carbocycles. The van der Waals surface area contributed by atoms with Crippen LogP contribution in [0.15, 0.2) is 18.6 Å². The van der Waals surface area contributed by atoms with Gasteiger partial charge < -0.3 is 19.5 Å². The first-order valence-electron chi connectivity index (χ1n) is 6.40. The fraction of sp³-hybridized carbons (Fsp3) is 0.500. The van der Waals surface area contributed by atoms with Gasteiger partial charge in [-0.05, 0) is 12.8 Å². The van der Waals surface area contributed by atoms with Crippen molar-refractivity contribution in [2.75, 3.05) is 30.5 Å². The smallest absolute Gasteiger partial charge is 0.180 e. The number of rotatable bonds is 3. The molecule has 3 heterocycles. The molecule has 0 atom stereocenters. The molecule has 0 unspecified atom stereocenters. The van der Waals surface area contributed by atoms with Gasteiger partial charge in [-0.1, -0.05) is 0 Å². The van der Waals surface area contributed by atoms with E-state index in [0.717, 1.165) is 37.4 Å². The molecule has 0 radical (unpaired) electrons. The van der Waals surface area contributed by atoms with Crippen LogP contribution in [-0.2, 0) is 4.74 Å². The second-order valence-corrected chi connectivity index (χ2v) is 4.67. The van der Waals surface area contributed by atoms with Crippen LogP contribution in [0.2, 0.25) is 0 Å². The summed E-state index contributed by atoms with van der Waals surface area (Å²) in [5.74, 6) is 6.97. The summed E-state index contributed by atoms with van der Waals surface area (Å²) in [5, 5.41) is 0. The van der Waals surface area contributed by atoms with E-state index in [4.69, 9.17) is 10.6 Å². The van der Waals surface area contributed by atoms with Crippen molar-refractivity contribution >= 4 is 17.3 Å². The molecule has 1 saturated heterocycles. The van der Waals surface area contributed by atoms with Gasteiger partial charge >= 0.3 is 0 Å². The maximum atomic E-state index is 5.47. The van der Waals surface area contributed by atoms with E-state index in [2.05, 4.69) is 20.3 Å². The number of aromatic nitrogens is 3. The quantitative estimate of drug-likeness (QED) is 0.624. The molecular weight excluding hydrogens is 244 g/mol. The third kappa shape index (κ3) is 2.22. The van der Waals surface area contributed by atoms with E-state index in [0.29, 0.717) is 11.9 Å². The van der Waals surface area contributed by atoms with E-state index in [-0.39, 0.29) is 0 Å². The monoisotopic (exact) mass is 262 g/mol. The van der Waals surface area contributed by atoms with E-state index in [1.165, 1.54) is 0 Å². The number of fused-ring (bicyclic) bond motifs is 1. The molecule has 3 rings (SSSR count). The molecule has 19 heavy (non-hydrogen) atoms. The minimum absolute atomic E-state index is 0.350. The third-order valence-electron chi connectivity index (χ3n) is 3.58. The number of imidazole rings is 1. The van der Waals surface area contributed by atoms with Crippen LogP contribution in [0.1, 0.15) is 12.8 Å². The van der Waals surface area contributed by atoms with E-state index in [9.17, 15) is 0 Å². The zero-order chi connectivity index (χ0) is 13.2. The van der Waals surface area contributed by atoms with Crippen molar-refractivity contribution in [3.8, 4) is 0 Å². The first-order chi connectivity index (χ1) is 9.31. The van der Waals surface area contributed by atoms with Gasteiger partial charge in [0.15, 0.2) is 17.3 Å². The Bertz CT molecular complexity index is 560. The Morgan fingerprint density at radius 2 is 2.21 bits per heavy atom. The number of hydrogen-bond acceptors (Lipinski definition) is 6.